The molecule has 1 saturated heterocycles. The number of para-hydroxylation sites is 1. The molecule has 140 valence electrons. The van der Waals surface area contributed by atoms with Crippen LogP contribution >= 0.6 is 11.3 Å². The Morgan fingerprint density at radius 2 is 2.04 bits per heavy atom. The lowest BCUT2D eigenvalue weighted by atomic mass is 10.1. The van der Waals surface area contributed by atoms with Crippen LogP contribution in [0.15, 0.2) is 53.6 Å². The highest BCUT2D eigenvalue weighted by Crippen LogP contribution is 2.37. The molecular formula is C21H18N4O2S. The number of fused-ring (bicyclic) bond motifs is 2. The van der Waals surface area contributed by atoms with Crippen molar-refractivity contribution in [1.82, 2.24) is 19.4 Å². The third-order valence-corrected chi connectivity index (χ3v) is 6.41. The van der Waals surface area contributed by atoms with Crippen LogP contribution < -0.4 is 5.56 Å². The fraction of sp³-hybridized carbons (Fsp3) is 0.238. The average Bonchev–Trinajstić information content (AvgIpc) is 3.36. The smallest absolute Gasteiger partial charge is 0.260 e. The second kappa shape index (κ2) is 6.53. The number of carbonyl (C=O) groups excluding carboxylic acids is 1. The molecule has 0 saturated carbocycles. The van der Waals surface area contributed by atoms with Crippen molar-refractivity contribution >= 4 is 38.4 Å². The summed E-state index contributed by atoms with van der Waals surface area (Å²) < 4.78 is 2.58. The van der Waals surface area contributed by atoms with E-state index < -0.39 is 0 Å². The van der Waals surface area contributed by atoms with Crippen molar-refractivity contribution in [2.24, 2.45) is 7.05 Å². The summed E-state index contributed by atoms with van der Waals surface area (Å²) in [5.74, 6) is -0.0360. The minimum Gasteiger partial charge on any atom is -0.329 e. The minimum atomic E-state index is -0.113. The van der Waals surface area contributed by atoms with E-state index in [1.165, 1.54) is 10.9 Å². The topological polar surface area (TPSA) is 68.1 Å². The average molecular weight is 390 g/mol. The fourth-order valence-electron chi connectivity index (χ4n) is 3.81. The van der Waals surface area contributed by atoms with Crippen molar-refractivity contribution in [2.75, 3.05) is 6.54 Å². The Labute approximate surface area is 165 Å². The summed E-state index contributed by atoms with van der Waals surface area (Å²) in [5.41, 5.74) is 1.97. The van der Waals surface area contributed by atoms with E-state index in [2.05, 4.69) is 11.1 Å². The number of nitrogens with zero attached hydrogens (tertiary/aromatic N) is 4. The molecule has 1 unspecified atom stereocenters. The van der Waals surface area contributed by atoms with Crippen LogP contribution in [-0.2, 0) is 7.05 Å². The molecule has 1 aliphatic heterocycles. The Kier molecular flexibility index (Phi) is 3.98. The Morgan fingerprint density at radius 3 is 2.89 bits per heavy atom. The predicted octanol–water partition coefficient (Wildman–Crippen LogP) is 3.52. The van der Waals surface area contributed by atoms with Crippen molar-refractivity contribution in [1.29, 1.82) is 0 Å². The summed E-state index contributed by atoms with van der Waals surface area (Å²) in [4.78, 5) is 36.4. The summed E-state index contributed by atoms with van der Waals surface area (Å²) >= 11 is 1.66. The first-order valence-corrected chi connectivity index (χ1v) is 10.1. The Bertz CT molecular complexity index is 1240. The van der Waals surface area contributed by atoms with E-state index in [4.69, 9.17) is 4.98 Å². The zero-order valence-electron chi connectivity index (χ0n) is 15.3. The lowest BCUT2D eigenvalue weighted by Gasteiger charge is -2.23. The lowest BCUT2D eigenvalue weighted by Crippen LogP contribution is -2.30. The largest absolute Gasteiger partial charge is 0.329 e. The summed E-state index contributed by atoms with van der Waals surface area (Å²) in [7, 11) is 1.67. The van der Waals surface area contributed by atoms with Crippen molar-refractivity contribution in [3.63, 3.8) is 0 Å². The summed E-state index contributed by atoms with van der Waals surface area (Å²) in [5, 5.41) is 1.51. The van der Waals surface area contributed by atoms with E-state index in [1.54, 1.807) is 36.6 Å². The fourth-order valence-corrected chi connectivity index (χ4v) is 4.92. The summed E-state index contributed by atoms with van der Waals surface area (Å²) in [6, 6.07) is 13.2. The maximum Gasteiger partial charge on any atom is 0.260 e. The van der Waals surface area contributed by atoms with Gasteiger partial charge in [0, 0.05) is 19.2 Å². The number of hydrogen-bond acceptors (Lipinski definition) is 5. The lowest BCUT2D eigenvalue weighted by molar-refractivity contribution is 0.0735. The van der Waals surface area contributed by atoms with Crippen LogP contribution in [0, 0.1) is 0 Å². The van der Waals surface area contributed by atoms with Gasteiger partial charge in [-0.25, -0.2) is 9.97 Å². The first-order chi connectivity index (χ1) is 13.6. The third-order valence-electron chi connectivity index (χ3n) is 5.27. The van der Waals surface area contributed by atoms with Gasteiger partial charge in [-0.1, -0.05) is 12.1 Å². The van der Waals surface area contributed by atoms with Gasteiger partial charge in [0.15, 0.2) is 0 Å². The number of hydrogen-bond donors (Lipinski definition) is 0. The van der Waals surface area contributed by atoms with Crippen molar-refractivity contribution in [2.45, 2.75) is 18.9 Å². The number of carbonyl (C=O) groups is 1. The Morgan fingerprint density at radius 1 is 1.18 bits per heavy atom. The van der Waals surface area contributed by atoms with Gasteiger partial charge in [0.25, 0.3) is 11.5 Å². The van der Waals surface area contributed by atoms with E-state index in [0.29, 0.717) is 23.0 Å². The van der Waals surface area contributed by atoms with Crippen molar-refractivity contribution < 1.29 is 4.79 Å². The number of benzene rings is 2. The van der Waals surface area contributed by atoms with Crippen LogP contribution in [0.2, 0.25) is 0 Å². The van der Waals surface area contributed by atoms with E-state index in [1.807, 2.05) is 23.1 Å². The molecule has 3 heterocycles. The second-order valence-electron chi connectivity index (χ2n) is 7.07. The van der Waals surface area contributed by atoms with Gasteiger partial charge < -0.3 is 9.47 Å². The summed E-state index contributed by atoms with van der Waals surface area (Å²) in [6.45, 7) is 0.710. The molecule has 1 amide bonds. The van der Waals surface area contributed by atoms with Gasteiger partial charge in [-0.15, -0.1) is 11.3 Å². The molecule has 7 heteroatoms. The van der Waals surface area contributed by atoms with Crippen molar-refractivity contribution in [3.05, 3.63) is 69.7 Å². The first kappa shape index (κ1) is 17.1. The monoisotopic (exact) mass is 390 g/mol. The predicted molar refractivity (Wildman–Crippen MR) is 110 cm³/mol. The van der Waals surface area contributed by atoms with Gasteiger partial charge in [-0.2, -0.15) is 0 Å². The highest BCUT2D eigenvalue weighted by Gasteiger charge is 2.33. The molecule has 0 radical (unpaired) electrons. The van der Waals surface area contributed by atoms with Gasteiger partial charge in [0.1, 0.15) is 5.01 Å². The van der Waals surface area contributed by atoms with Gasteiger partial charge in [0.05, 0.1) is 33.5 Å². The minimum absolute atomic E-state index is 0.00259. The van der Waals surface area contributed by atoms with Crippen LogP contribution in [-0.4, -0.2) is 31.9 Å². The quantitative estimate of drug-likeness (QED) is 0.525. The van der Waals surface area contributed by atoms with Crippen LogP contribution in [0.3, 0.4) is 0 Å². The zero-order valence-corrected chi connectivity index (χ0v) is 16.1. The number of thiazole rings is 1. The molecule has 0 aliphatic carbocycles. The standard InChI is InChI=1S/C21H18N4O2S/c1-24-12-22-16-11-13(8-9-14(16)21(24)27)20(26)25-10-4-6-17(25)19-23-15-5-2-3-7-18(15)28-19/h2-3,5,7-9,11-12,17H,4,6,10H2,1H3. The number of amides is 1. The molecule has 6 nitrogen and oxygen atoms in total. The molecule has 0 spiro atoms. The maximum atomic E-state index is 13.2. The van der Waals surface area contributed by atoms with E-state index in [9.17, 15) is 9.59 Å². The molecule has 0 bridgehead atoms. The van der Waals surface area contributed by atoms with E-state index >= 15 is 0 Å². The molecule has 0 N–H and O–H groups in total. The third kappa shape index (κ3) is 2.70. The number of rotatable bonds is 2. The summed E-state index contributed by atoms with van der Waals surface area (Å²) in [6.07, 6.45) is 3.36. The van der Waals surface area contributed by atoms with Crippen LogP contribution in [0.25, 0.3) is 21.1 Å². The molecule has 1 aliphatic rings. The van der Waals surface area contributed by atoms with Gasteiger partial charge in [-0.3, -0.25) is 9.59 Å². The van der Waals surface area contributed by atoms with Gasteiger partial charge in [0.2, 0.25) is 0 Å². The number of aromatic nitrogens is 3. The van der Waals surface area contributed by atoms with Crippen LogP contribution in [0.5, 0.6) is 0 Å². The Balaban J connectivity index is 1.50. The Hall–Kier alpha value is -3.06. The number of aryl methyl sites for hydroxylation is 1. The zero-order chi connectivity index (χ0) is 19.3. The van der Waals surface area contributed by atoms with Gasteiger partial charge >= 0.3 is 0 Å². The maximum absolute atomic E-state index is 13.2. The molecule has 1 fully saturated rings. The first-order valence-electron chi connectivity index (χ1n) is 9.23. The molecule has 4 aromatic rings. The molecule has 1 atom stereocenters. The molecular weight excluding hydrogens is 372 g/mol. The van der Waals surface area contributed by atoms with Gasteiger partial charge in [-0.05, 0) is 43.2 Å². The van der Waals surface area contributed by atoms with Crippen LogP contribution in [0.1, 0.15) is 34.2 Å². The molecule has 2 aromatic carbocycles. The van der Waals surface area contributed by atoms with Crippen molar-refractivity contribution in [3.8, 4) is 0 Å². The molecule has 28 heavy (non-hydrogen) atoms. The van der Waals surface area contributed by atoms with E-state index in [0.717, 1.165) is 28.1 Å². The van der Waals surface area contributed by atoms with E-state index in [-0.39, 0.29) is 17.5 Å². The molecule has 2 aromatic heterocycles. The second-order valence-corrected chi connectivity index (χ2v) is 8.13. The number of likely N-dealkylation sites (tertiary alicyclic amines) is 1. The highest BCUT2D eigenvalue weighted by atomic mass is 32.1. The molecule has 5 rings (SSSR count). The highest BCUT2D eigenvalue weighted by molar-refractivity contribution is 7.18. The normalized spacial score (nSPS) is 16.9. The SMILES string of the molecule is Cn1cnc2cc(C(=O)N3CCCC3c3nc4ccccc4s3)ccc2c1=O. The van der Waals surface area contributed by atoms with Crippen LogP contribution in [0.4, 0.5) is 0 Å².